The van der Waals surface area contributed by atoms with Gasteiger partial charge in [-0.3, -0.25) is 10.1 Å². The lowest BCUT2D eigenvalue weighted by atomic mass is 10.1. The van der Waals surface area contributed by atoms with E-state index in [1.54, 1.807) is 23.1 Å². The van der Waals surface area contributed by atoms with E-state index in [4.69, 9.17) is 4.74 Å². The monoisotopic (exact) mass is 380 g/mol. The van der Waals surface area contributed by atoms with E-state index in [9.17, 15) is 4.79 Å². The van der Waals surface area contributed by atoms with Crippen molar-refractivity contribution in [1.29, 1.82) is 0 Å². The fourth-order valence-corrected chi connectivity index (χ4v) is 3.50. The number of tetrazole rings is 1. The number of amides is 1. The minimum absolute atomic E-state index is 0.207. The molecule has 2 aromatic heterocycles. The maximum absolute atomic E-state index is 12.5. The average molecular weight is 380 g/mol. The second-order valence-corrected chi connectivity index (χ2v) is 6.74. The number of carbonyl (C=O) groups is 1. The van der Waals surface area contributed by atoms with Crippen molar-refractivity contribution in [2.45, 2.75) is 13.5 Å². The molecule has 1 amide bonds. The van der Waals surface area contributed by atoms with Gasteiger partial charge in [-0.1, -0.05) is 29.5 Å². The molecular weight excluding hydrogens is 364 g/mol. The lowest BCUT2D eigenvalue weighted by Gasteiger charge is -2.04. The molecule has 0 aliphatic heterocycles. The Balaban J connectivity index is 1.48. The molecule has 4 aromatic rings. The molecule has 0 fully saturated rings. The zero-order valence-corrected chi connectivity index (χ0v) is 15.3. The molecule has 4 rings (SSSR count). The van der Waals surface area contributed by atoms with Crippen LogP contribution in [0.2, 0.25) is 0 Å². The summed E-state index contributed by atoms with van der Waals surface area (Å²) in [5, 5.41) is 14.4. The molecule has 0 atom stereocenters. The van der Waals surface area contributed by atoms with Gasteiger partial charge in [-0.05, 0) is 47.2 Å². The number of fused-ring (bicyclic) bond motifs is 1. The zero-order valence-electron chi connectivity index (χ0n) is 14.5. The molecule has 0 aliphatic carbocycles. The Labute approximate surface area is 158 Å². The third-order valence-electron chi connectivity index (χ3n) is 3.85. The van der Waals surface area contributed by atoms with Crippen LogP contribution in [0.1, 0.15) is 22.8 Å². The fourth-order valence-electron chi connectivity index (χ4n) is 2.62. The quantitative estimate of drug-likeness (QED) is 0.553. The van der Waals surface area contributed by atoms with E-state index < -0.39 is 0 Å². The summed E-state index contributed by atoms with van der Waals surface area (Å²) in [5.41, 5.74) is 2.32. The number of nitrogens with zero attached hydrogens (tertiary/aromatic N) is 5. The number of thiazole rings is 1. The summed E-state index contributed by atoms with van der Waals surface area (Å²) in [4.78, 5) is 17.0. The van der Waals surface area contributed by atoms with Crippen LogP contribution in [-0.4, -0.2) is 37.7 Å². The van der Waals surface area contributed by atoms with Crippen molar-refractivity contribution in [3.05, 3.63) is 59.9 Å². The number of ether oxygens (including phenoxy) is 1. The van der Waals surface area contributed by atoms with E-state index in [0.717, 1.165) is 21.5 Å². The predicted octanol–water partition coefficient (Wildman–Crippen LogP) is 2.98. The van der Waals surface area contributed by atoms with Crippen LogP contribution in [-0.2, 0) is 6.54 Å². The summed E-state index contributed by atoms with van der Waals surface area (Å²) < 4.78 is 8.18. The summed E-state index contributed by atoms with van der Waals surface area (Å²) in [5.74, 6) is 0.514. The van der Waals surface area contributed by atoms with Gasteiger partial charge in [-0.15, -0.1) is 5.10 Å². The number of hydrogen-bond donors (Lipinski definition) is 1. The lowest BCUT2D eigenvalue weighted by Crippen LogP contribution is -2.11. The van der Waals surface area contributed by atoms with Crippen LogP contribution in [0, 0.1) is 0 Å². The molecule has 136 valence electrons. The van der Waals surface area contributed by atoms with Gasteiger partial charge in [0.25, 0.3) is 5.91 Å². The number of carbonyl (C=O) groups excluding carboxylic acids is 1. The number of anilines is 1. The van der Waals surface area contributed by atoms with Gasteiger partial charge >= 0.3 is 0 Å². The maximum Gasteiger partial charge on any atom is 0.257 e. The van der Waals surface area contributed by atoms with Crippen LogP contribution < -0.4 is 10.1 Å². The maximum atomic E-state index is 12.5. The van der Waals surface area contributed by atoms with Crippen molar-refractivity contribution in [2.75, 3.05) is 11.9 Å². The van der Waals surface area contributed by atoms with Gasteiger partial charge < -0.3 is 4.74 Å². The summed E-state index contributed by atoms with van der Waals surface area (Å²) in [6.07, 6.45) is 1.55. The molecule has 0 unspecified atom stereocenters. The van der Waals surface area contributed by atoms with Gasteiger partial charge in [0.15, 0.2) is 5.13 Å². The smallest absolute Gasteiger partial charge is 0.257 e. The summed E-state index contributed by atoms with van der Waals surface area (Å²) in [6, 6.07) is 13.0. The van der Waals surface area contributed by atoms with Crippen molar-refractivity contribution in [2.24, 2.45) is 0 Å². The van der Waals surface area contributed by atoms with Gasteiger partial charge in [0.2, 0.25) is 0 Å². The fraction of sp³-hybridized carbons (Fsp3) is 0.167. The van der Waals surface area contributed by atoms with E-state index in [0.29, 0.717) is 23.8 Å². The molecular formula is C18H16N6O2S. The Hall–Kier alpha value is -3.33. The number of para-hydroxylation sites is 1. The summed E-state index contributed by atoms with van der Waals surface area (Å²) >= 11 is 1.42. The number of nitrogens with one attached hydrogen (secondary N) is 1. The molecule has 0 bridgehead atoms. The van der Waals surface area contributed by atoms with E-state index in [1.165, 1.54) is 11.3 Å². The van der Waals surface area contributed by atoms with Crippen molar-refractivity contribution in [3.63, 3.8) is 0 Å². The zero-order chi connectivity index (χ0) is 18.6. The lowest BCUT2D eigenvalue weighted by molar-refractivity contribution is 0.102. The van der Waals surface area contributed by atoms with E-state index >= 15 is 0 Å². The highest BCUT2D eigenvalue weighted by Crippen LogP contribution is 2.32. The first-order valence-electron chi connectivity index (χ1n) is 8.36. The second kappa shape index (κ2) is 7.50. The number of hydrogen-bond acceptors (Lipinski definition) is 7. The van der Waals surface area contributed by atoms with E-state index in [2.05, 4.69) is 25.8 Å². The molecule has 0 radical (unpaired) electrons. The van der Waals surface area contributed by atoms with Crippen molar-refractivity contribution < 1.29 is 9.53 Å². The van der Waals surface area contributed by atoms with Crippen molar-refractivity contribution in [3.8, 4) is 5.75 Å². The average Bonchev–Trinajstić information content (AvgIpc) is 3.32. The number of aromatic nitrogens is 5. The van der Waals surface area contributed by atoms with Gasteiger partial charge in [-0.25, -0.2) is 9.67 Å². The van der Waals surface area contributed by atoms with E-state index in [1.807, 2.05) is 37.3 Å². The Bertz CT molecular complexity index is 1060. The molecule has 2 aromatic carbocycles. The largest absolute Gasteiger partial charge is 0.492 e. The number of benzene rings is 2. The molecule has 27 heavy (non-hydrogen) atoms. The highest BCUT2D eigenvalue weighted by molar-refractivity contribution is 7.22. The van der Waals surface area contributed by atoms with E-state index in [-0.39, 0.29) is 5.91 Å². The van der Waals surface area contributed by atoms with Gasteiger partial charge in [0.1, 0.15) is 17.6 Å². The second-order valence-electron chi connectivity index (χ2n) is 5.71. The highest BCUT2D eigenvalue weighted by Gasteiger charge is 2.12. The molecule has 9 heteroatoms. The summed E-state index contributed by atoms with van der Waals surface area (Å²) in [6.45, 7) is 3.04. The molecule has 0 spiro atoms. The molecule has 0 saturated heterocycles. The first-order chi connectivity index (χ1) is 13.2. The molecule has 0 aliphatic rings. The first kappa shape index (κ1) is 17.1. The minimum Gasteiger partial charge on any atom is -0.492 e. The summed E-state index contributed by atoms with van der Waals surface area (Å²) in [7, 11) is 0. The van der Waals surface area contributed by atoms with Crippen LogP contribution in [0.15, 0.2) is 48.8 Å². The molecule has 8 nitrogen and oxygen atoms in total. The molecule has 1 N–H and O–H groups in total. The van der Waals surface area contributed by atoms with Crippen LogP contribution in [0.3, 0.4) is 0 Å². The van der Waals surface area contributed by atoms with Crippen LogP contribution >= 0.6 is 11.3 Å². The van der Waals surface area contributed by atoms with Crippen LogP contribution in [0.5, 0.6) is 5.75 Å². The Morgan fingerprint density at radius 1 is 1.22 bits per heavy atom. The molecule has 2 heterocycles. The van der Waals surface area contributed by atoms with Crippen LogP contribution in [0.4, 0.5) is 5.13 Å². The standard InChI is InChI=1S/C18H16N6O2S/c1-2-26-14-4-3-5-15-16(14)20-18(27-15)21-17(25)13-8-6-12(7-9-13)10-24-11-19-22-23-24/h3-9,11H,2,10H2,1H3,(H,20,21,25). The Morgan fingerprint density at radius 3 is 2.81 bits per heavy atom. The van der Waals surface area contributed by atoms with Gasteiger partial charge in [0, 0.05) is 5.56 Å². The normalized spacial score (nSPS) is 10.9. The Kier molecular flexibility index (Phi) is 4.75. The number of rotatable bonds is 6. The van der Waals surface area contributed by atoms with Crippen molar-refractivity contribution >= 4 is 32.6 Å². The van der Waals surface area contributed by atoms with Gasteiger partial charge in [-0.2, -0.15) is 0 Å². The SMILES string of the molecule is CCOc1cccc2sc(NC(=O)c3ccc(Cn4cnnn4)cc3)nc12. The van der Waals surface area contributed by atoms with Crippen LogP contribution in [0.25, 0.3) is 10.2 Å². The molecule has 0 saturated carbocycles. The first-order valence-corrected chi connectivity index (χ1v) is 9.18. The Morgan fingerprint density at radius 2 is 2.07 bits per heavy atom. The highest BCUT2D eigenvalue weighted by atomic mass is 32.1. The van der Waals surface area contributed by atoms with Gasteiger partial charge in [0.05, 0.1) is 17.9 Å². The predicted molar refractivity (Wildman–Crippen MR) is 102 cm³/mol. The topological polar surface area (TPSA) is 94.8 Å². The third-order valence-corrected chi connectivity index (χ3v) is 4.79. The van der Waals surface area contributed by atoms with Crippen molar-refractivity contribution in [1.82, 2.24) is 25.2 Å². The third kappa shape index (κ3) is 3.77. The minimum atomic E-state index is -0.207.